The number of rotatable bonds is 3. The van der Waals surface area contributed by atoms with Crippen molar-refractivity contribution in [3.63, 3.8) is 0 Å². The first-order valence-corrected chi connectivity index (χ1v) is 9.05. The Morgan fingerprint density at radius 1 is 1.26 bits per heavy atom. The fraction of sp³-hybridized carbons (Fsp3) is 0.286. The van der Waals surface area contributed by atoms with E-state index in [-0.39, 0.29) is 5.56 Å². The van der Waals surface area contributed by atoms with Gasteiger partial charge in [-0.05, 0) is 49.1 Å². The molecule has 0 amide bonds. The smallest absolute Gasteiger partial charge is 0.254 e. The Hall–Kier alpha value is -2.99. The van der Waals surface area contributed by atoms with Crippen molar-refractivity contribution < 1.29 is 5.11 Å². The summed E-state index contributed by atoms with van der Waals surface area (Å²) in [5.41, 5.74) is 5.28. The molecule has 0 fully saturated rings. The number of nitrogens with zero attached hydrogens (tertiary/aromatic N) is 3. The zero-order valence-corrected chi connectivity index (χ0v) is 15.5. The Bertz CT molecular complexity index is 1020. The molecule has 0 spiro atoms. The molecule has 0 bridgehead atoms. The van der Waals surface area contributed by atoms with E-state index in [4.69, 9.17) is 4.98 Å². The van der Waals surface area contributed by atoms with Gasteiger partial charge < -0.3 is 10.1 Å². The normalized spacial score (nSPS) is 14.1. The third-order valence-corrected chi connectivity index (χ3v) is 5.04. The number of benzene rings is 1. The fourth-order valence-corrected chi connectivity index (χ4v) is 3.66. The second kappa shape index (κ2) is 6.96. The first-order valence-electron chi connectivity index (χ1n) is 9.05. The van der Waals surface area contributed by atoms with Crippen molar-refractivity contribution in [1.29, 1.82) is 0 Å². The maximum atomic E-state index is 12.5. The zero-order chi connectivity index (χ0) is 19.0. The third kappa shape index (κ3) is 3.48. The summed E-state index contributed by atoms with van der Waals surface area (Å²) in [6.07, 6.45) is 4.08. The summed E-state index contributed by atoms with van der Waals surface area (Å²) < 4.78 is 0. The Kier molecular flexibility index (Phi) is 4.49. The van der Waals surface area contributed by atoms with E-state index in [9.17, 15) is 9.90 Å². The Morgan fingerprint density at radius 2 is 2.04 bits per heavy atom. The molecule has 0 atom stereocenters. The molecular weight excluding hydrogens is 340 g/mol. The van der Waals surface area contributed by atoms with Crippen LogP contribution in [0.15, 0.2) is 41.5 Å². The number of nitrogens with one attached hydrogen (secondary N) is 1. The summed E-state index contributed by atoms with van der Waals surface area (Å²) in [7, 11) is 0. The topological polar surface area (TPSA) is 82.1 Å². The first kappa shape index (κ1) is 17.4. The summed E-state index contributed by atoms with van der Waals surface area (Å²) in [5.74, 6) is 0.919. The summed E-state index contributed by atoms with van der Waals surface area (Å²) in [6.45, 7) is 6.03. The van der Waals surface area contributed by atoms with Gasteiger partial charge in [0.05, 0.1) is 5.69 Å². The van der Waals surface area contributed by atoms with E-state index in [0.717, 1.165) is 46.6 Å². The van der Waals surface area contributed by atoms with Crippen LogP contribution in [0.5, 0.6) is 5.75 Å². The predicted octanol–water partition coefficient (Wildman–Crippen LogP) is 2.71. The molecule has 138 valence electrons. The number of pyridine rings is 1. The summed E-state index contributed by atoms with van der Waals surface area (Å²) >= 11 is 0. The number of hydrogen-bond acceptors (Lipinski definition) is 5. The molecule has 3 heterocycles. The molecule has 3 aromatic rings. The van der Waals surface area contributed by atoms with Crippen molar-refractivity contribution in [2.45, 2.75) is 33.4 Å². The lowest BCUT2D eigenvalue weighted by Gasteiger charge is -2.28. The standard InChI is InChI=1S/C21H22N4O2/c1-13-8-15(9-14(2)19(13)26)11-25-7-5-17-18(12-25)23-20(24-21(17)27)16-4-3-6-22-10-16/h3-4,6,8-10,26H,5,7,11-12H2,1-2H3,(H,23,24,27). The molecule has 0 saturated heterocycles. The number of H-pyrrole nitrogens is 1. The Balaban J connectivity index is 1.61. The maximum absolute atomic E-state index is 12.5. The van der Waals surface area contributed by atoms with Gasteiger partial charge >= 0.3 is 0 Å². The van der Waals surface area contributed by atoms with Crippen LogP contribution in [0.1, 0.15) is 27.9 Å². The number of hydrogen-bond donors (Lipinski definition) is 2. The van der Waals surface area contributed by atoms with Gasteiger partial charge in [0.15, 0.2) is 0 Å². The SMILES string of the molecule is Cc1cc(CN2CCc3c(nc(-c4cccnc4)[nH]c3=O)C2)cc(C)c1O. The molecule has 0 radical (unpaired) electrons. The summed E-state index contributed by atoms with van der Waals surface area (Å²) in [5, 5.41) is 9.97. The van der Waals surface area contributed by atoms with E-state index in [1.165, 1.54) is 0 Å². The van der Waals surface area contributed by atoms with Crippen molar-refractivity contribution in [1.82, 2.24) is 19.9 Å². The molecule has 1 aliphatic heterocycles. The van der Waals surface area contributed by atoms with Gasteiger partial charge in [-0.15, -0.1) is 0 Å². The Morgan fingerprint density at radius 3 is 2.74 bits per heavy atom. The maximum Gasteiger partial charge on any atom is 0.254 e. The van der Waals surface area contributed by atoms with Gasteiger partial charge in [0.2, 0.25) is 0 Å². The number of aryl methyl sites for hydroxylation is 2. The van der Waals surface area contributed by atoms with Gasteiger partial charge in [-0.3, -0.25) is 14.7 Å². The molecule has 0 aliphatic carbocycles. The van der Waals surface area contributed by atoms with Crippen LogP contribution >= 0.6 is 0 Å². The molecule has 0 saturated carbocycles. The van der Waals surface area contributed by atoms with Crippen LogP contribution in [0.25, 0.3) is 11.4 Å². The molecule has 2 aromatic heterocycles. The van der Waals surface area contributed by atoms with E-state index in [2.05, 4.69) is 14.9 Å². The van der Waals surface area contributed by atoms with Crippen LogP contribution in [0.3, 0.4) is 0 Å². The number of phenolic OH excluding ortho intramolecular Hbond substituents is 1. The van der Waals surface area contributed by atoms with Crippen LogP contribution in [-0.2, 0) is 19.5 Å². The number of aromatic hydroxyl groups is 1. The minimum Gasteiger partial charge on any atom is -0.507 e. The van der Waals surface area contributed by atoms with Gasteiger partial charge in [-0.2, -0.15) is 0 Å². The van der Waals surface area contributed by atoms with E-state index in [0.29, 0.717) is 24.5 Å². The Labute approximate surface area is 157 Å². The largest absolute Gasteiger partial charge is 0.507 e. The highest BCUT2D eigenvalue weighted by Crippen LogP contribution is 2.25. The summed E-state index contributed by atoms with van der Waals surface area (Å²) in [4.78, 5) is 26.5. The monoisotopic (exact) mass is 362 g/mol. The molecule has 4 rings (SSSR count). The van der Waals surface area contributed by atoms with Gasteiger partial charge in [0, 0.05) is 43.2 Å². The van der Waals surface area contributed by atoms with E-state index < -0.39 is 0 Å². The molecule has 6 heteroatoms. The van der Waals surface area contributed by atoms with Gasteiger partial charge in [0.1, 0.15) is 11.6 Å². The van der Waals surface area contributed by atoms with Gasteiger partial charge in [-0.25, -0.2) is 4.98 Å². The van der Waals surface area contributed by atoms with Crippen LogP contribution in [0.4, 0.5) is 0 Å². The molecule has 2 N–H and O–H groups in total. The van der Waals surface area contributed by atoms with E-state index >= 15 is 0 Å². The number of fused-ring (bicyclic) bond motifs is 1. The molecular formula is C21H22N4O2. The lowest BCUT2D eigenvalue weighted by atomic mass is 10.0. The minimum atomic E-state index is -0.0603. The van der Waals surface area contributed by atoms with Crippen molar-refractivity contribution in [3.05, 3.63) is 75.0 Å². The zero-order valence-electron chi connectivity index (χ0n) is 15.5. The molecule has 27 heavy (non-hydrogen) atoms. The minimum absolute atomic E-state index is 0.0603. The van der Waals surface area contributed by atoms with E-state index in [1.807, 2.05) is 38.1 Å². The van der Waals surface area contributed by atoms with Crippen molar-refractivity contribution in [3.8, 4) is 17.1 Å². The highest BCUT2D eigenvalue weighted by atomic mass is 16.3. The lowest BCUT2D eigenvalue weighted by molar-refractivity contribution is 0.240. The first-order chi connectivity index (χ1) is 13.0. The van der Waals surface area contributed by atoms with Gasteiger partial charge in [-0.1, -0.05) is 12.1 Å². The third-order valence-electron chi connectivity index (χ3n) is 5.04. The number of phenols is 1. The number of aromatic amines is 1. The van der Waals surface area contributed by atoms with Crippen LogP contribution in [-0.4, -0.2) is 31.5 Å². The van der Waals surface area contributed by atoms with Crippen LogP contribution < -0.4 is 5.56 Å². The highest BCUT2D eigenvalue weighted by Gasteiger charge is 2.22. The summed E-state index contributed by atoms with van der Waals surface area (Å²) in [6, 6.07) is 7.76. The number of aromatic nitrogens is 3. The second-order valence-electron chi connectivity index (χ2n) is 7.12. The molecule has 1 aliphatic rings. The highest BCUT2D eigenvalue weighted by molar-refractivity contribution is 5.53. The quantitative estimate of drug-likeness (QED) is 0.749. The molecule has 0 unspecified atom stereocenters. The van der Waals surface area contributed by atoms with Crippen molar-refractivity contribution >= 4 is 0 Å². The molecule has 6 nitrogen and oxygen atoms in total. The van der Waals surface area contributed by atoms with E-state index in [1.54, 1.807) is 12.4 Å². The van der Waals surface area contributed by atoms with Crippen molar-refractivity contribution in [2.24, 2.45) is 0 Å². The lowest BCUT2D eigenvalue weighted by Crippen LogP contribution is -2.35. The van der Waals surface area contributed by atoms with Crippen LogP contribution in [0, 0.1) is 13.8 Å². The molecule has 1 aromatic carbocycles. The van der Waals surface area contributed by atoms with Crippen LogP contribution in [0.2, 0.25) is 0 Å². The fourth-order valence-electron chi connectivity index (χ4n) is 3.66. The van der Waals surface area contributed by atoms with Gasteiger partial charge in [0.25, 0.3) is 5.56 Å². The second-order valence-corrected chi connectivity index (χ2v) is 7.12. The average molecular weight is 362 g/mol. The predicted molar refractivity (Wildman–Crippen MR) is 103 cm³/mol. The average Bonchev–Trinajstić information content (AvgIpc) is 2.66. The van der Waals surface area contributed by atoms with Crippen molar-refractivity contribution in [2.75, 3.05) is 6.54 Å².